The van der Waals surface area contributed by atoms with Crippen LogP contribution in [0.15, 0.2) is 303 Å². The van der Waals surface area contributed by atoms with Crippen LogP contribution in [0.25, 0.3) is 177 Å². The van der Waals surface area contributed by atoms with Gasteiger partial charge < -0.3 is 0 Å². The Hall–Kier alpha value is -10.9. The molecule has 0 amide bonds. The van der Waals surface area contributed by atoms with Crippen molar-refractivity contribution in [3.63, 3.8) is 0 Å². The lowest BCUT2D eigenvalue weighted by Crippen LogP contribution is -2.15. The number of hydrogen-bond donors (Lipinski definition) is 0. The van der Waals surface area contributed by atoms with Crippen LogP contribution in [-0.4, -0.2) is 0 Å². The van der Waals surface area contributed by atoms with E-state index in [1.807, 2.05) is 0 Å². The smallest absolute Gasteiger partial charge is 0.0159 e. The molecular formula is C87H56. The summed E-state index contributed by atoms with van der Waals surface area (Å²) >= 11 is 0. The topological polar surface area (TPSA) is 0 Å². The molecule has 0 aliphatic heterocycles. The molecule has 0 N–H and O–H groups in total. The lowest BCUT2D eigenvalue weighted by Gasteiger charge is -2.26. The zero-order chi connectivity index (χ0) is 57.5. The van der Waals surface area contributed by atoms with Crippen molar-refractivity contribution in [1.29, 1.82) is 0 Å². The molecule has 0 atom stereocenters. The van der Waals surface area contributed by atoms with Gasteiger partial charge in [-0.3, -0.25) is 0 Å². The fourth-order valence-corrected chi connectivity index (χ4v) is 15.9. The van der Waals surface area contributed by atoms with Crippen molar-refractivity contribution in [2.45, 2.75) is 19.3 Å². The number of hydrogen-bond acceptors (Lipinski definition) is 0. The van der Waals surface area contributed by atoms with Crippen LogP contribution in [0.3, 0.4) is 0 Å². The number of rotatable bonds is 8. The van der Waals surface area contributed by atoms with Gasteiger partial charge in [0.05, 0.1) is 0 Å². The van der Waals surface area contributed by atoms with E-state index in [0.717, 1.165) is 0 Å². The summed E-state index contributed by atoms with van der Waals surface area (Å²) < 4.78 is 0. The first-order valence-electron chi connectivity index (χ1n) is 30.6. The molecule has 0 heteroatoms. The highest BCUT2D eigenvalue weighted by atomic mass is 14.4. The predicted molar refractivity (Wildman–Crippen MR) is 369 cm³/mol. The fraction of sp³-hybridized carbons (Fsp3) is 0.0345. The van der Waals surface area contributed by atoms with Crippen LogP contribution in [-0.2, 0) is 5.41 Å². The molecule has 0 saturated heterocycles. The summed E-state index contributed by atoms with van der Waals surface area (Å²) in [5.41, 5.74) is 35.4. The fourth-order valence-electron chi connectivity index (χ4n) is 15.9. The van der Waals surface area contributed by atoms with Crippen molar-refractivity contribution in [1.82, 2.24) is 0 Å². The molecule has 0 unspecified atom stereocenters. The summed E-state index contributed by atoms with van der Waals surface area (Å²) in [7, 11) is 0. The maximum Gasteiger partial charge on any atom is 0.0159 e. The van der Waals surface area contributed by atoms with Crippen molar-refractivity contribution in [2.75, 3.05) is 0 Å². The first kappa shape index (κ1) is 49.5. The average Bonchev–Trinajstić information content (AvgIpc) is 1.60. The molecule has 0 radical (unpaired) electrons. The number of benzene rings is 15. The molecule has 0 nitrogen and oxygen atoms in total. The highest BCUT2D eigenvalue weighted by Gasteiger charge is 2.39. The third kappa shape index (κ3) is 7.19. The Morgan fingerprint density at radius 2 is 0.425 bits per heavy atom. The van der Waals surface area contributed by atoms with Crippen molar-refractivity contribution in [3.8, 4) is 145 Å². The van der Waals surface area contributed by atoms with Crippen LogP contribution in [0.4, 0.5) is 0 Å². The second-order valence-electron chi connectivity index (χ2n) is 24.4. The van der Waals surface area contributed by atoms with E-state index in [2.05, 4.69) is 317 Å². The molecule has 15 aromatic carbocycles. The standard InChI is InChI=1S/C87H56/c1-87(2)73-51-59(61-47-49-71-81-65(61)39-23-41-69(81)83-75(53-25-9-3-10-26-53)67-37-21-22-38-68(67)76(84(71)83)54-27-11-4-12-28-54)43-45-63(73)64-46-44-60(52-74(64)87)62-48-50-72-82-66(62)40-24-42-70(82)85-79(57-33-17-7-18-34-57)77(55-29-13-5-14-30-55)78(56-31-15-6-16-32-56)80(86(72)85)58-35-19-8-20-36-58/h3-52H,1-2H3. The molecule has 0 fully saturated rings. The molecule has 3 aliphatic carbocycles. The first-order chi connectivity index (χ1) is 43.0. The molecule has 0 saturated carbocycles. The van der Waals surface area contributed by atoms with E-state index in [0.29, 0.717) is 0 Å². The van der Waals surface area contributed by atoms with Crippen LogP contribution in [0.1, 0.15) is 25.0 Å². The average molecular weight is 1100 g/mol. The monoisotopic (exact) mass is 1100 g/mol. The molecule has 15 aromatic rings. The van der Waals surface area contributed by atoms with Gasteiger partial charge in [0.1, 0.15) is 0 Å². The van der Waals surface area contributed by atoms with E-state index in [-0.39, 0.29) is 5.41 Å². The molecule has 3 aliphatic rings. The van der Waals surface area contributed by atoms with Gasteiger partial charge in [-0.1, -0.05) is 305 Å². The third-order valence-corrected chi connectivity index (χ3v) is 19.5. The summed E-state index contributed by atoms with van der Waals surface area (Å²) in [6.07, 6.45) is 0. The molecular weight excluding hydrogens is 1040 g/mol. The second kappa shape index (κ2) is 19.0. The lowest BCUT2D eigenvalue weighted by molar-refractivity contribution is 0.661. The predicted octanol–water partition coefficient (Wildman–Crippen LogP) is 24.1. The van der Waals surface area contributed by atoms with Crippen LogP contribution in [0, 0.1) is 0 Å². The molecule has 404 valence electrons. The zero-order valence-electron chi connectivity index (χ0n) is 48.4. The Labute approximate surface area is 507 Å². The van der Waals surface area contributed by atoms with Crippen molar-refractivity contribution < 1.29 is 0 Å². The highest BCUT2D eigenvalue weighted by molar-refractivity contribution is 6.30. The second-order valence-corrected chi connectivity index (χ2v) is 24.4. The van der Waals surface area contributed by atoms with Crippen LogP contribution in [0.2, 0.25) is 0 Å². The lowest BCUT2D eigenvalue weighted by atomic mass is 9.76. The van der Waals surface area contributed by atoms with E-state index in [1.165, 1.54) is 188 Å². The summed E-state index contributed by atoms with van der Waals surface area (Å²) in [6, 6.07) is 114. The van der Waals surface area contributed by atoms with Crippen molar-refractivity contribution >= 4 is 32.3 Å². The SMILES string of the molecule is CC1(C)c2cc(-c3ccc4c5c(cccc35)-c3c(-c5ccccc5)c(-c5ccccc5)c(-c5ccccc5)c(-c5ccccc5)c3-4)ccc2-c2ccc(-c3ccc4c5c(cccc35)-c3c-4c(-c4ccccc4)c4ccccc4c3-c3ccccc3)cc21. The van der Waals surface area contributed by atoms with E-state index in [4.69, 9.17) is 0 Å². The summed E-state index contributed by atoms with van der Waals surface area (Å²) in [5, 5.41) is 7.75. The van der Waals surface area contributed by atoms with Gasteiger partial charge in [0, 0.05) is 5.41 Å². The largest absolute Gasteiger partial charge is 0.0622 e. The molecule has 0 bridgehead atoms. The Kier molecular flexibility index (Phi) is 10.8. The molecule has 18 rings (SSSR count). The zero-order valence-corrected chi connectivity index (χ0v) is 48.4. The molecule has 0 spiro atoms. The van der Waals surface area contributed by atoms with Gasteiger partial charge in [0.25, 0.3) is 0 Å². The van der Waals surface area contributed by atoms with Gasteiger partial charge in [-0.15, -0.1) is 0 Å². The normalized spacial score (nSPS) is 12.8. The Morgan fingerprint density at radius 1 is 0.172 bits per heavy atom. The number of fused-ring (bicyclic) bond motifs is 10. The minimum atomic E-state index is -0.265. The quantitative estimate of drug-likeness (QED) is 0.142. The highest BCUT2D eigenvalue weighted by Crippen LogP contribution is 2.63. The summed E-state index contributed by atoms with van der Waals surface area (Å²) in [6.45, 7) is 4.87. The van der Waals surface area contributed by atoms with Crippen LogP contribution >= 0.6 is 0 Å². The molecule has 0 heterocycles. The van der Waals surface area contributed by atoms with E-state index >= 15 is 0 Å². The Bertz CT molecular complexity index is 5140. The van der Waals surface area contributed by atoms with Crippen molar-refractivity contribution in [3.05, 3.63) is 314 Å². The van der Waals surface area contributed by atoms with E-state index < -0.39 is 0 Å². The van der Waals surface area contributed by atoms with E-state index in [9.17, 15) is 0 Å². The maximum absolute atomic E-state index is 2.52. The Morgan fingerprint density at radius 3 is 0.770 bits per heavy atom. The first-order valence-corrected chi connectivity index (χ1v) is 30.6. The molecule has 0 aromatic heterocycles. The van der Waals surface area contributed by atoms with Gasteiger partial charge in [-0.2, -0.15) is 0 Å². The van der Waals surface area contributed by atoms with E-state index in [1.54, 1.807) is 0 Å². The maximum atomic E-state index is 2.52. The minimum absolute atomic E-state index is 0.265. The Balaban J connectivity index is 0.790. The van der Waals surface area contributed by atoms with Crippen LogP contribution in [0.5, 0.6) is 0 Å². The van der Waals surface area contributed by atoms with Crippen LogP contribution < -0.4 is 0 Å². The molecule has 87 heavy (non-hydrogen) atoms. The summed E-state index contributed by atoms with van der Waals surface area (Å²) in [4.78, 5) is 0. The van der Waals surface area contributed by atoms with Gasteiger partial charge >= 0.3 is 0 Å². The van der Waals surface area contributed by atoms with Crippen molar-refractivity contribution in [2.24, 2.45) is 0 Å². The van der Waals surface area contributed by atoms with Gasteiger partial charge in [-0.25, -0.2) is 0 Å². The van der Waals surface area contributed by atoms with Gasteiger partial charge in [0.2, 0.25) is 0 Å². The minimum Gasteiger partial charge on any atom is -0.0622 e. The third-order valence-electron chi connectivity index (χ3n) is 19.5. The summed E-state index contributed by atoms with van der Waals surface area (Å²) in [5.74, 6) is 0. The van der Waals surface area contributed by atoms with Gasteiger partial charge in [0.15, 0.2) is 0 Å². The van der Waals surface area contributed by atoms with Gasteiger partial charge in [-0.05, 0) is 200 Å².